The summed E-state index contributed by atoms with van der Waals surface area (Å²) in [6, 6.07) is 10.9. The fraction of sp³-hybridized carbons (Fsp3) is 0.412. The number of phenolic OH excluding ortho intramolecular Hbond substituents is 1. The molecule has 0 saturated heterocycles. The third-order valence-corrected chi connectivity index (χ3v) is 4.48. The lowest BCUT2D eigenvalue weighted by molar-refractivity contribution is 0.0845. The molecule has 1 saturated carbocycles. The van der Waals surface area contributed by atoms with Gasteiger partial charge in [0.25, 0.3) is 0 Å². The molecule has 21 heavy (non-hydrogen) atoms. The molecule has 1 aliphatic rings. The number of hydrogen-bond donors (Lipinski definition) is 3. The van der Waals surface area contributed by atoms with E-state index in [0.717, 1.165) is 29.2 Å². The maximum Gasteiger partial charge on any atom is 0.116 e. The van der Waals surface area contributed by atoms with E-state index in [1.54, 1.807) is 12.1 Å². The van der Waals surface area contributed by atoms with Crippen LogP contribution in [0, 0.1) is 5.92 Å². The van der Waals surface area contributed by atoms with Crippen LogP contribution in [0.3, 0.4) is 0 Å². The van der Waals surface area contributed by atoms with Crippen molar-refractivity contribution in [3.8, 4) is 5.75 Å². The molecule has 1 fully saturated rings. The second kappa shape index (κ2) is 6.65. The van der Waals surface area contributed by atoms with E-state index < -0.39 is 6.10 Å². The fourth-order valence-electron chi connectivity index (χ4n) is 3.25. The van der Waals surface area contributed by atoms with Crippen LogP contribution in [0.5, 0.6) is 5.75 Å². The fourth-order valence-corrected chi connectivity index (χ4v) is 3.25. The largest absolute Gasteiger partial charge is 0.508 e. The van der Waals surface area contributed by atoms with Crippen LogP contribution in [0.15, 0.2) is 36.4 Å². The van der Waals surface area contributed by atoms with Crippen molar-refractivity contribution in [3.05, 3.63) is 42.0 Å². The number of hydrogen-bond acceptors (Lipinski definition) is 3. The maximum absolute atomic E-state index is 10.4. The van der Waals surface area contributed by atoms with Gasteiger partial charge in [0, 0.05) is 0 Å². The predicted octanol–water partition coefficient (Wildman–Crippen LogP) is 3.52. The topological polar surface area (TPSA) is 66.5 Å². The van der Waals surface area contributed by atoms with Crippen molar-refractivity contribution in [1.82, 2.24) is 0 Å². The summed E-state index contributed by atoms with van der Waals surface area (Å²) in [6.07, 6.45) is 4.09. The second-order valence-corrected chi connectivity index (χ2v) is 5.85. The third-order valence-electron chi connectivity index (χ3n) is 4.48. The molecule has 0 heterocycles. The molecule has 0 amide bonds. The molecular formula is C17H22ClNO2. The number of halogens is 1. The van der Waals surface area contributed by atoms with E-state index >= 15 is 0 Å². The van der Waals surface area contributed by atoms with Crippen molar-refractivity contribution in [2.45, 2.75) is 37.8 Å². The van der Waals surface area contributed by atoms with Gasteiger partial charge in [0.2, 0.25) is 0 Å². The molecule has 3 rings (SSSR count). The molecular weight excluding hydrogens is 286 g/mol. The number of aliphatic hydroxyl groups excluding tert-OH is 1. The SMILES string of the molecule is Cl.N[C@H](c1ccc2cc(O)ccc2c1)[C@@H](O)C1CCCC1. The van der Waals surface area contributed by atoms with E-state index in [-0.39, 0.29) is 24.2 Å². The van der Waals surface area contributed by atoms with Crippen LogP contribution in [0.4, 0.5) is 0 Å². The number of benzene rings is 2. The first-order valence-electron chi connectivity index (χ1n) is 7.31. The Morgan fingerprint density at radius 3 is 2.33 bits per heavy atom. The van der Waals surface area contributed by atoms with Gasteiger partial charge in [0.15, 0.2) is 0 Å². The van der Waals surface area contributed by atoms with Crippen LogP contribution in [0.1, 0.15) is 37.3 Å². The Kier molecular flexibility index (Phi) is 5.09. The van der Waals surface area contributed by atoms with Crippen LogP contribution in [-0.2, 0) is 0 Å². The lowest BCUT2D eigenvalue weighted by atomic mass is 9.90. The van der Waals surface area contributed by atoms with Crippen molar-refractivity contribution in [2.24, 2.45) is 11.7 Å². The summed E-state index contributed by atoms with van der Waals surface area (Å²) in [5, 5.41) is 21.9. The zero-order chi connectivity index (χ0) is 14.1. The number of fused-ring (bicyclic) bond motifs is 1. The Morgan fingerprint density at radius 1 is 1.00 bits per heavy atom. The van der Waals surface area contributed by atoms with Gasteiger partial charge >= 0.3 is 0 Å². The van der Waals surface area contributed by atoms with Crippen molar-refractivity contribution < 1.29 is 10.2 Å². The molecule has 4 N–H and O–H groups in total. The standard InChI is InChI=1S/C17H21NO2.ClH/c18-16(17(20)11-3-1-2-4-11)14-6-5-13-10-15(19)8-7-12(13)9-14;/h5-11,16-17,19-20H,1-4,18H2;1H/t16-,17+;/m1./s1. The van der Waals surface area contributed by atoms with E-state index in [0.29, 0.717) is 5.92 Å². The number of aliphatic hydroxyl groups is 1. The Bertz CT molecular complexity index is 611. The van der Waals surface area contributed by atoms with Gasteiger partial charge in [-0.05, 0) is 53.3 Å². The first kappa shape index (κ1) is 16.1. The van der Waals surface area contributed by atoms with E-state index in [2.05, 4.69) is 0 Å². The lowest BCUT2D eigenvalue weighted by Gasteiger charge is -2.24. The van der Waals surface area contributed by atoms with Gasteiger partial charge in [-0.3, -0.25) is 0 Å². The summed E-state index contributed by atoms with van der Waals surface area (Å²) >= 11 is 0. The lowest BCUT2D eigenvalue weighted by Crippen LogP contribution is -2.31. The smallest absolute Gasteiger partial charge is 0.116 e. The summed E-state index contributed by atoms with van der Waals surface area (Å²) in [7, 11) is 0. The highest BCUT2D eigenvalue weighted by Crippen LogP contribution is 2.33. The normalized spacial score (nSPS) is 18.4. The van der Waals surface area contributed by atoms with Gasteiger partial charge in [0.1, 0.15) is 5.75 Å². The van der Waals surface area contributed by atoms with E-state index in [1.807, 2.05) is 24.3 Å². The summed E-state index contributed by atoms with van der Waals surface area (Å²) in [5.74, 6) is 0.598. The molecule has 3 nitrogen and oxygen atoms in total. The molecule has 0 spiro atoms. The van der Waals surface area contributed by atoms with Crippen molar-refractivity contribution >= 4 is 23.2 Å². The maximum atomic E-state index is 10.4. The first-order valence-corrected chi connectivity index (χ1v) is 7.31. The number of phenols is 1. The number of nitrogens with two attached hydrogens (primary N) is 1. The van der Waals surface area contributed by atoms with Crippen molar-refractivity contribution in [1.29, 1.82) is 0 Å². The zero-order valence-corrected chi connectivity index (χ0v) is 12.7. The minimum Gasteiger partial charge on any atom is -0.508 e. The van der Waals surface area contributed by atoms with Gasteiger partial charge in [-0.2, -0.15) is 0 Å². The summed E-state index contributed by atoms with van der Waals surface area (Å²) in [6.45, 7) is 0. The summed E-state index contributed by atoms with van der Waals surface area (Å²) in [5.41, 5.74) is 7.20. The monoisotopic (exact) mass is 307 g/mol. The highest BCUT2D eigenvalue weighted by atomic mass is 35.5. The minimum absolute atomic E-state index is 0. The highest BCUT2D eigenvalue weighted by Gasteiger charge is 2.28. The van der Waals surface area contributed by atoms with Crippen LogP contribution in [0.25, 0.3) is 10.8 Å². The Hall–Kier alpha value is -1.29. The Balaban J connectivity index is 0.00000161. The number of aromatic hydroxyl groups is 1. The third kappa shape index (κ3) is 3.31. The van der Waals surface area contributed by atoms with Crippen LogP contribution in [0.2, 0.25) is 0 Å². The molecule has 4 heteroatoms. The molecule has 0 bridgehead atoms. The van der Waals surface area contributed by atoms with Gasteiger partial charge in [-0.1, -0.05) is 31.0 Å². The molecule has 114 valence electrons. The first-order chi connectivity index (χ1) is 9.65. The van der Waals surface area contributed by atoms with Crippen LogP contribution in [-0.4, -0.2) is 16.3 Å². The highest BCUT2D eigenvalue weighted by molar-refractivity contribution is 5.85. The molecule has 1 aliphatic carbocycles. The quantitative estimate of drug-likeness (QED) is 0.813. The van der Waals surface area contributed by atoms with E-state index in [4.69, 9.17) is 5.73 Å². The van der Waals surface area contributed by atoms with Gasteiger partial charge in [0.05, 0.1) is 12.1 Å². The number of rotatable bonds is 3. The Morgan fingerprint density at radius 2 is 1.62 bits per heavy atom. The molecule has 0 aliphatic heterocycles. The van der Waals surface area contributed by atoms with Gasteiger partial charge in [-0.15, -0.1) is 12.4 Å². The van der Waals surface area contributed by atoms with E-state index in [9.17, 15) is 10.2 Å². The molecule has 0 radical (unpaired) electrons. The average molecular weight is 308 g/mol. The Labute approximate surface area is 131 Å². The average Bonchev–Trinajstić information content (AvgIpc) is 2.99. The molecule has 0 aromatic heterocycles. The molecule has 2 atom stereocenters. The predicted molar refractivity (Wildman–Crippen MR) is 87.8 cm³/mol. The van der Waals surface area contributed by atoms with Gasteiger partial charge < -0.3 is 15.9 Å². The van der Waals surface area contributed by atoms with Crippen LogP contribution < -0.4 is 5.73 Å². The van der Waals surface area contributed by atoms with Crippen LogP contribution >= 0.6 is 12.4 Å². The summed E-state index contributed by atoms with van der Waals surface area (Å²) < 4.78 is 0. The summed E-state index contributed by atoms with van der Waals surface area (Å²) in [4.78, 5) is 0. The second-order valence-electron chi connectivity index (χ2n) is 5.85. The zero-order valence-electron chi connectivity index (χ0n) is 11.9. The van der Waals surface area contributed by atoms with E-state index in [1.165, 1.54) is 12.8 Å². The molecule has 0 unspecified atom stereocenters. The van der Waals surface area contributed by atoms with Crippen molar-refractivity contribution in [2.75, 3.05) is 0 Å². The minimum atomic E-state index is -0.466. The molecule has 2 aromatic carbocycles. The van der Waals surface area contributed by atoms with Crippen molar-refractivity contribution in [3.63, 3.8) is 0 Å². The van der Waals surface area contributed by atoms with Gasteiger partial charge in [-0.25, -0.2) is 0 Å². The molecule has 2 aromatic rings.